The predicted molar refractivity (Wildman–Crippen MR) is 61.2 cm³/mol. The van der Waals surface area contributed by atoms with E-state index in [1.807, 2.05) is 0 Å². The van der Waals surface area contributed by atoms with Gasteiger partial charge in [-0.3, -0.25) is 4.79 Å². The van der Waals surface area contributed by atoms with E-state index in [9.17, 15) is 22.4 Å². The molecule has 0 aliphatic rings. The first-order valence-corrected chi connectivity index (χ1v) is 5.42. The summed E-state index contributed by atoms with van der Waals surface area (Å²) in [5.74, 6) is -5.61. The number of benzene rings is 2. The number of ketones is 1. The standard InChI is InChI=1S/C13H5ClF4O/c14-9-3-6(15)1-2-8(9)13(19)12-10(17)4-7(16)5-11(12)18/h1-5H. The number of hydrogen-bond acceptors (Lipinski definition) is 1. The Morgan fingerprint density at radius 1 is 0.895 bits per heavy atom. The summed E-state index contributed by atoms with van der Waals surface area (Å²) in [4.78, 5) is 11.9. The van der Waals surface area contributed by atoms with Crippen molar-refractivity contribution in [3.63, 3.8) is 0 Å². The molecule has 2 aromatic carbocycles. The average molecular weight is 289 g/mol. The third kappa shape index (κ3) is 2.61. The summed E-state index contributed by atoms with van der Waals surface area (Å²) in [6, 6.07) is 3.54. The van der Waals surface area contributed by atoms with E-state index in [1.165, 1.54) is 0 Å². The second-order valence-electron chi connectivity index (χ2n) is 3.70. The van der Waals surface area contributed by atoms with Crippen LogP contribution >= 0.6 is 11.6 Å². The van der Waals surface area contributed by atoms with Gasteiger partial charge in [-0.2, -0.15) is 0 Å². The van der Waals surface area contributed by atoms with Gasteiger partial charge in [0.05, 0.1) is 10.6 Å². The second kappa shape index (κ2) is 5.01. The summed E-state index contributed by atoms with van der Waals surface area (Å²) in [5.41, 5.74) is -1.21. The smallest absolute Gasteiger partial charge is 0.200 e. The first-order valence-electron chi connectivity index (χ1n) is 5.04. The highest BCUT2D eigenvalue weighted by Gasteiger charge is 2.22. The Hall–Kier alpha value is -1.88. The van der Waals surface area contributed by atoms with Crippen LogP contribution in [-0.4, -0.2) is 5.78 Å². The summed E-state index contributed by atoms with van der Waals surface area (Å²) in [6.07, 6.45) is 0. The van der Waals surface area contributed by atoms with Crippen LogP contribution in [0.1, 0.15) is 15.9 Å². The number of hydrogen-bond donors (Lipinski definition) is 0. The van der Waals surface area contributed by atoms with Crippen LogP contribution in [0.2, 0.25) is 5.02 Å². The molecule has 0 bridgehead atoms. The Kier molecular flexibility index (Phi) is 3.57. The number of carbonyl (C=O) groups excluding carboxylic acids is 1. The zero-order valence-electron chi connectivity index (χ0n) is 9.18. The monoisotopic (exact) mass is 288 g/mol. The molecule has 0 amide bonds. The summed E-state index contributed by atoms with van der Waals surface area (Å²) in [6.45, 7) is 0. The van der Waals surface area contributed by atoms with Gasteiger partial charge in [-0.1, -0.05) is 11.6 Å². The van der Waals surface area contributed by atoms with Crippen LogP contribution in [0.5, 0.6) is 0 Å². The van der Waals surface area contributed by atoms with Gasteiger partial charge in [0.1, 0.15) is 23.3 Å². The lowest BCUT2D eigenvalue weighted by Gasteiger charge is -2.06. The maximum Gasteiger partial charge on any atom is 0.200 e. The lowest BCUT2D eigenvalue weighted by Crippen LogP contribution is -2.09. The molecule has 2 rings (SSSR count). The van der Waals surface area contributed by atoms with Crippen LogP contribution in [0.4, 0.5) is 17.6 Å². The number of halogens is 5. The van der Waals surface area contributed by atoms with Crippen molar-refractivity contribution in [1.29, 1.82) is 0 Å². The Balaban J connectivity index is 2.56. The van der Waals surface area contributed by atoms with E-state index in [0.717, 1.165) is 18.2 Å². The highest BCUT2D eigenvalue weighted by Crippen LogP contribution is 2.24. The van der Waals surface area contributed by atoms with E-state index < -0.39 is 34.6 Å². The minimum atomic E-state index is -1.34. The zero-order valence-corrected chi connectivity index (χ0v) is 9.94. The quantitative estimate of drug-likeness (QED) is 0.600. The molecule has 0 saturated carbocycles. The molecule has 1 nitrogen and oxygen atoms in total. The van der Waals surface area contributed by atoms with E-state index in [0.29, 0.717) is 12.1 Å². The number of carbonyl (C=O) groups is 1. The van der Waals surface area contributed by atoms with Crippen molar-refractivity contribution in [3.8, 4) is 0 Å². The van der Waals surface area contributed by atoms with Crippen molar-refractivity contribution in [2.75, 3.05) is 0 Å². The number of rotatable bonds is 2. The van der Waals surface area contributed by atoms with Gasteiger partial charge >= 0.3 is 0 Å². The maximum absolute atomic E-state index is 13.4. The van der Waals surface area contributed by atoms with E-state index in [4.69, 9.17) is 11.6 Å². The zero-order chi connectivity index (χ0) is 14.2. The molecule has 0 aliphatic carbocycles. The van der Waals surface area contributed by atoms with E-state index in [2.05, 4.69) is 0 Å². The summed E-state index contributed by atoms with van der Waals surface area (Å²) in [5, 5.41) is -0.284. The van der Waals surface area contributed by atoms with Gasteiger partial charge in [-0.25, -0.2) is 17.6 Å². The Labute approximate surface area is 110 Å². The molecule has 0 aromatic heterocycles. The topological polar surface area (TPSA) is 17.1 Å². The Bertz CT molecular complexity index is 647. The highest BCUT2D eigenvalue weighted by atomic mass is 35.5. The van der Waals surface area contributed by atoms with Crippen molar-refractivity contribution < 1.29 is 22.4 Å². The predicted octanol–water partition coefficient (Wildman–Crippen LogP) is 4.13. The van der Waals surface area contributed by atoms with E-state index in [-0.39, 0.29) is 10.6 Å². The van der Waals surface area contributed by atoms with E-state index >= 15 is 0 Å². The third-order valence-electron chi connectivity index (χ3n) is 2.41. The lowest BCUT2D eigenvalue weighted by atomic mass is 10.0. The fourth-order valence-electron chi connectivity index (χ4n) is 1.57. The van der Waals surface area contributed by atoms with E-state index in [1.54, 1.807) is 0 Å². The SMILES string of the molecule is O=C(c1ccc(F)cc1Cl)c1c(F)cc(F)cc1F. The third-order valence-corrected chi connectivity index (χ3v) is 2.72. The molecule has 0 heterocycles. The fraction of sp³-hybridized carbons (Fsp3) is 0. The molecule has 2 aromatic rings. The molecule has 98 valence electrons. The molecule has 0 N–H and O–H groups in total. The summed E-state index contributed by atoms with van der Waals surface area (Å²) >= 11 is 5.63. The molecular weight excluding hydrogens is 284 g/mol. The van der Waals surface area contributed by atoms with Gasteiger partial charge in [0, 0.05) is 17.7 Å². The van der Waals surface area contributed by atoms with Crippen molar-refractivity contribution in [3.05, 3.63) is 69.8 Å². The van der Waals surface area contributed by atoms with Gasteiger partial charge in [0.25, 0.3) is 0 Å². The van der Waals surface area contributed by atoms with Gasteiger partial charge in [-0.15, -0.1) is 0 Å². The van der Waals surface area contributed by atoms with Crippen LogP contribution in [0.25, 0.3) is 0 Å². The Morgan fingerprint density at radius 2 is 1.47 bits per heavy atom. The molecule has 0 spiro atoms. The fourth-order valence-corrected chi connectivity index (χ4v) is 1.82. The van der Waals surface area contributed by atoms with Gasteiger partial charge in [0.15, 0.2) is 5.78 Å². The van der Waals surface area contributed by atoms with Crippen LogP contribution in [0, 0.1) is 23.3 Å². The highest BCUT2D eigenvalue weighted by molar-refractivity contribution is 6.35. The van der Waals surface area contributed by atoms with Crippen molar-refractivity contribution in [1.82, 2.24) is 0 Å². The molecule has 0 unspecified atom stereocenters. The molecule has 0 radical (unpaired) electrons. The molecule has 0 atom stereocenters. The van der Waals surface area contributed by atoms with Gasteiger partial charge in [0.2, 0.25) is 0 Å². The Morgan fingerprint density at radius 3 is 2.00 bits per heavy atom. The first kappa shape index (κ1) is 13.5. The molecule has 0 saturated heterocycles. The maximum atomic E-state index is 13.4. The molecule has 6 heteroatoms. The minimum absolute atomic E-state index is 0.271. The minimum Gasteiger partial charge on any atom is -0.288 e. The second-order valence-corrected chi connectivity index (χ2v) is 4.10. The van der Waals surface area contributed by atoms with Crippen LogP contribution in [0.3, 0.4) is 0 Å². The van der Waals surface area contributed by atoms with Crippen molar-refractivity contribution in [2.45, 2.75) is 0 Å². The van der Waals surface area contributed by atoms with Crippen LogP contribution in [0.15, 0.2) is 30.3 Å². The molecule has 0 fully saturated rings. The van der Waals surface area contributed by atoms with Crippen LogP contribution in [-0.2, 0) is 0 Å². The van der Waals surface area contributed by atoms with Crippen LogP contribution < -0.4 is 0 Å². The first-order chi connectivity index (χ1) is 8.90. The van der Waals surface area contributed by atoms with Gasteiger partial charge in [-0.05, 0) is 18.2 Å². The normalized spacial score (nSPS) is 10.6. The average Bonchev–Trinajstić information content (AvgIpc) is 2.26. The van der Waals surface area contributed by atoms with Gasteiger partial charge < -0.3 is 0 Å². The largest absolute Gasteiger partial charge is 0.288 e. The lowest BCUT2D eigenvalue weighted by molar-refractivity contribution is 0.103. The summed E-state index contributed by atoms with van der Waals surface area (Å²) < 4.78 is 52.5. The molecular formula is C13H5ClF4O. The summed E-state index contributed by atoms with van der Waals surface area (Å²) in [7, 11) is 0. The van der Waals surface area contributed by atoms with Crippen molar-refractivity contribution >= 4 is 17.4 Å². The van der Waals surface area contributed by atoms with Crippen molar-refractivity contribution in [2.24, 2.45) is 0 Å². The molecule has 0 aliphatic heterocycles. The molecule has 19 heavy (non-hydrogen) atoms.